The lowest BCUT2D eigenvalue weighted by atomic mass is 10.2. The van der Waals surface area contributed by atoms with Gasteiger partial charge in [-0.25, -0.2) is 8.42 Å². The molecule has 1 aliphatic rings. The zero-order valence-corrected chi connectivity index (χ0v) is 14.5. The molecular formula is C17H19NO3S2. The zero-order valence-electron chi connectivity index (χ0n) is 12.9. The van der Waals surface area contributed by atoms with Gasteiger partial charge in [0, 0.05) is 28.1 Å². The normalized spacial score (nSPS) is 20.2. The SMILES string of the molecule is Cc1ccc([C@@H]2C[C@@H]2C(=O)NCCS(=O)(=O)c2ccccc2)s1. The average molecular weight is 349 g/mol. The highest BCUT2D eigenvalue weighted by molar-refractivity contribution is 7.91. The number of nitrogens with one attached hydrogen (secondary N) is 1. The first kappa shape index (κ1) is 16.2. The molecule has 1 aromatic heterocycles. The second-order valence-electron chi connectivity index (χ2n) is 5.82. The molecule has 3 rings (SSSR count). The van der Waals surface area contributed by atoms with Gasteiger partial charge in [0.15, 0.2) is 9.84 Å². The van der Waals surface area contributed by atoms with E-state index in [1.165, 1.54) is 9.75 Å². The van der Waals surface area contributed by atoms with Gasteiger partial charge in [0.25, 0.3) is 0 Å². The molecular weight excluding hydrogens is 330 g/mol. The summed E-state index contributed by atoms with van der Waals surface area (Å²) >= 11 is 1.73. The summed E-state index contributed by atoms with van der Waals surface area (Å²) in [4.78, 5) is 14.9. The van der Waals surface area contributed by atoms with E-state index in [4.69, 9.17) is 0 Å². The second kappa shape index (κ2) is 6.45. The number of thiophene rings is 1. The van der Waals surface area contributed by atoms with Crippen LogP contribution in [0.1, 0.15) is 22.1 Å². The van der Waals surface area contributed by atoms with Crippen LogP contribution in [0.5, 0.6) is 0 Å². The molecule has 2 atom stereocenters. The standard InChI is InChI=1S/C17H19NO3S2/c1-12-7-8-16(22-12)14-11-15(14)17(19)18-9-10-23(20,21)13-5-3-2-4-6-13/h2-8,14-15H,9-11H2,1H3,(H,18,19)/t14-,15+/m1/s1. The van der Waals surface area contributed by atoms with E-state index in [1.807, 2.05) is 0 Å². The van der Waals surface area contributed by atoms with Crippen molar-refractivity contribution >= 4 is 27.1 Å². The molecule has 2 aromatic rings. The Hall–Kier alpha value is -1.66. The first-order chi connectivity index (χ1) is 11.0. The molecule has 122 valence electrons. The molecule has 0 spiro atoms. The fourth-order valence-electron chi connectivity index (χ4n) is 2.64. The maximum atomic E-state index is 12.1. The van der Waals surface area contributed by atoms with Gasteiger partial charge in [0.05, 0.1) is 10.6 Å². The molecule has 0 unspecified atom stereocenters. The van der Waals surface area contributed by atoms with Gasteiger partial charge in [-0.1, -0.05) is 18.2 Å². The first-order valence-corrected chi connectivity index (χ1v) is 10.1. The topological polar surface area (TPSA) is 63.2 Å². The molecule has 1 fully saturated rings. The van der Waals surface area contributed by atoms with E-state index in [0.717, 1.165) is 6.42 Å². The van der Waals surface area contributed by atoms with Crippen LogP contribution in [-0.2, 0) is 14.6 Å². The maximum Gasteiger partial charge on any atom is 0.223 e. The molecule has 0 radical (unpaired) electrons. The highest BCUT2D eigenvalue weighted by Gasteiger charge is 2.44. The van der Waals surface area contributed by atoms with Gasteiger partial charge in [0.1, 0.15) is 0 Å². The lowest BCUT2D eigenvalue weighted by Gasteiger charge is -2.06. The third-order valence-electron chi connectivity index (χ3n) is 4.03. The van der Waals surface area contributed by atoms with Gasteiger partial charge in [-0.2, -0.15) is 0 Å². The van der Waals surface area contributed by atoms with Crippen LogP contribution in [0.25, 0.3) is 0 Å². The number of carbonyl (C=O) groups excluding carboxylic acids is 1. The minimum Gasteiger partial charge on any atom is -0.355 e. The number of hydrogen-bond acceptors (Lipinski definition) is 4. The quantitative estimate of drug-likeness (QED) is 0.872. The summed E-state index contributed by atoms with van der Waals surface area (Å²) in [6.07, 6.45) is 0.858. The predicted octanol–water partition coefficient (Wildman–Crippen LogP) is 2.75. The van der Waals surface area contributed by atoms with Gasteiger partial charge in [0.2, 0.25) is 5.91 Å². The van der Waals surface area contributed by atoms with Gasteiger partial charge in [-0.05, 0) is 37.6 Å². The van der Waals surface area contributed by atoms with Crippen LogP contribution in [0, 0.1) is 12.8 Å². The molecule has 1 aliphatic carbocycles. The fourth-order valence-corrected chi connectivity index (χ4v) is 4.87. The molecule has 1 amide bonds. The number of sulfone groups is 1. The zero-order chi connectivity index (χ0) is 16.4. The van der Waals surface area contributed by atoms with Gasteiger partial charge in [-0.15, -0.1) is 11.3 Å². The van der Waals surface area contributed by atoms with Crippen molar-refractivity contribution in [3.05, 3.63) is 52.2 Å². The van der Waals surface area contributed by atoms with Crippen molar-refractivity contribution in [2.24, 2.45) is 5.92 Å². The minimum absolute atomic E-state index is 0.00696. The lowest BCUT2D eigenvalue weighted by Crippen LogP contribution is -2.30. The number of benzene rings is 1. The summed E-state index contributed by atoms with van der Waals surface area (Å²) in [6.45, 7) is 2.21. The van der Waals surface area contributed by atoms with Crippen LogP contribution >= 0.6 is 11.3 Å². The Morgan fingerprint density at radius 1 is 1.22 bits per heavy atom. The summed E-state index contributed by atoms with van der Waals surface area (Å²) in [5.74, 6) is 0.189. The average Bonchev–Trinajstić information content (AvgIpc) is 3.23. The monoisotopic (exact) mass is 349 g/mol. The van der Waals surface area contributed by atoms with Crippen LogP contribution in [0.4, 0.5) is 0 Å². The van der Waals surface area contributed by atoms with Crippen molar-refractivity contribution < 1.29 is 13.2 Å². The first-order valence-electron chi connectivity index (χ1n) is 7.59. The fraction of sp³-hybridized carbons (Fsp3) is 0.353. The van der Waals surface area contributed by atoms with E-state index in [-0.39, 0.29) is 24.1 Å². The Kier molecular flexibility index (Phi) is 4.55. The Morgan fingerprint density at radius 3 is 2.61 bits per heavy atom. The number of carbonyl (C=O) groups is 1. The van der Waals surface area contributed by atoms with Crippen molar-refractivity contribution in [2.45, 2.75) is 24.2 Å². The van der Waals surface area contributed by atoms with Gasteiger partial charge in [-0.3, -0.25) is 4.79 Å². The van der Waals surface area contributed by atoms with Crippen LogP contribution in [0.2, 0.25) is 0 Å². The number of hydrogen-bond donors (Lipinski definition) is 1. The van der Waals surface area contributed by atoms with E-state index < -0.39 is 9.84 Å². The summed E-state index contributed by atoms with van der Waals surface area (Å²) in [7, 11) is -3.34. The Morgan fingerprint density at radius 2 is 1.96 bits per heavy atom. The molecule has 1 saturated carbocycles. The summed E-state index contributed by atoms with van der Waals surface area (Å²) in [5, 5.41) is 2.76. The molecule has 0 saturated heterocycles. The third-order valence-corrected chi connectivity index (χ3v) is 6.89. The Bertz CT molecular complexity index is 796. The highest BCUT2D eigenvalue weighted by atomic mass is 32.2. The molecule has 23 heavy (non-hydrogen) atoms. The number of rotatable bonds is 6. The Balaban J connectivity index is 1.49. The van der Waals surface area contributed by atoms with Gasteiger partial charge >= 0.3 is 0 Å². The highest BCUT2D eigenvalue weighted by Crippen LogP contribution is 2.49. The van der Waals surface area contributed by atoms with Crippen LogP contribution in [-0.4, -0.2) is 26.6 Å². The van der Waals surface area contributed by atoms with E-state index in [9.17, 15) is 13.2 Å². The van der Waals surface area contributed by atoms with Crippen molar-refractivity contribution in [1.82, 2.24) is 5.32 Å². The molecule has 1 N–H and O–H groups in total. The lowest BCUT2D eigenvalue weighted by molar-refractivity contribution is -0.122. The van der Waals surface area contributed by atoms with Crippen molar-refractivity contribution in [1.29, 1.82) is 0 Å². The van der Waals surface area contributed by atoms with E-state index in [2.05, 4.69) is 24.4 Å². The summed E-state index contributed by atoms with van der Waals surface area (Å²) in [6, 6.07) is 12.5. The number of aryl methyl sites for hydroxylation is 1. The molecule has 6 heteroatoms. The molecule has 0 bridgehead atoms. The van der Waals surface area contributed by atoms with E-state index in [1.54, 1.807) is 41.7 Å². The summed E-state index contributed by atoms with van der Waals surface area (Å²) < 4.78 is 24.3. The smallest absolute Gasteiger partial charge is 0.223 e. The van der Waals surface area contributed by atoms with Crippen molar-refractivity contribution in [3.8, 4) is 0 Å². The minimum atomic E-state index is -3.34. The molecule has 1 aromatic carbocycles. The molecule has 0 aliphatic heterocycles. The van der Waals surface area contributed by atoms with E-state index in [0.29, 0.717) is 10.8 Å². The molecule has 1 heterocycles. The largest absolute Gasteiger partial charge is 0.355 e. The third kappa shape index (κ3) is 3.82. The van der Waals surface area contributed by atoms with Gasteiger partial charge < -0.3 is 5.32 Å². The van der Waals surface area contributed by atoms with Crippen LogP contribution in [0.3, 0.4) is 0 Å². The molecule has 4 nitrogen and oxygen atoms in total. The second-order valence-corrected chi connectivity index (χ2v) is 9.25. The van der Waals surface area contributed by atoms with Crippen LogP contribution in [0.15, 0.2) is 47.4 Å². The number of amides is 1. The van der Waals surface area contributed by atoms with Crippen molar-refractivity contribution in [2.75, 3.05) is 12.3 Å². The predicted molar refractivity (Wildman–Crippen MR) is 91.4 cm³/mol. The van der Waals surface area contributed by atoms with Crippen molar-refractivity contribution in [3.63, 3.8) is 0 Å². The Labute approximate surface area is 140 Å². The van der Waals surface area contributed by atoms with Crippen LogP contribution < -0.4 is 5.32 Å². The van der Waals surface area contributed by atoms with E-state index >= 15 is 0 Å². The maximum absolute atomic E-state index is 12.1. The summed E-state index contributed by atoms with van der Waals surface area (Å²) in [5.41, 5.74) is 0.